The second-order valence-electron chi connectivity index (χ2n) is 6.59. The smallest absolute Gasteiger partial charge is 0.318 e. The lowest BCUT2D eigenvalue weighted by molar-refractivity contribution is -0.137. The molecular formula is C21H16F3N. The van der Waals surface area contributed by atoms with Gasteiger partial charge in [0.25, 0.3) is 0 Å². The lowest BCUT2D eigenvalue weighted by Crippen LogP contribution is -2.32. The minimum atomic E-state index is -4.38. The Kier molecular flexibility index (Phi) is 3.31. The first-order valence-electron chi connectivity index (χ1n) is 7.99. The average Bonchev–Trinajstić information content (AvgIpc) is 2.82. The van der Waals surface area contributed by atoms with Gasteiger partial charge in [0.2, 0.25) is 0 Å². The molecular weight excluding hydrogens is 323 g/mol. The van der Waals surface area contributed by atoms with Crippen molar-refractivity contribution in [3.8, 4) is 22.3 Å². The molecule has 1 atom stereocenters. The number of fused-ring (bicyclic) bond motifs is 3. The molecule has 3 aromatic rings. The Morgan fingerprint density at radius 1 is 0.760 bits per heavy atom. The zero-order chi connectivity index (χ0) is 17.8. The molecule has 126 valence electrons. The maximum atomic E-state index is 13.1. The first-order valence-corrected chi connectivity index (χ1v) is 7.99. The number of hydrogen-bond acceptors (Lipinski definition) is 1. The van der Waals surface area contributed by atoms with E-state index >= 15 is 0 Å². The highest BCUT2D eigenvalue weighted by molar-refractivity contribution is 5.83. The van der Waals surface area contributed by atoms with E-state index in [-0.39, 0.29) is 0 Å². The highest BCUT2D eigenvalue weighted by atomic mass is 19.4. The van der Waals surface area contributed by atoms with Crippen LogP contribution in [0.3, 0.4) is 0 Å². The van der Waals surface area contributed by atoms with E-state index < -0.39 is 17.3 Å². The third-order valence-electron chi connectivity index (χ3n) is 4.88. The van der Waals surface area contributed by atoms with Crippen LogP contribution in [0.2, 0.25) is 0 Å². The van der Waals surface area contributed by atoms with Crippen LogP contribution in [-0.4, -0.2) is 0 Å². The van der Waals surface area contributed by atoms with Crippen LogP contribution >= 0.6 is 0 Å². The molecule has 0 saturated heterocycles. The van der Waals surface area contributed by atoms with E-state index in [9.17, 15) is 13.2 Å². The van der Waals surface area contributed by atoms with Crippen LogP contribution in [0, 0.1) is 0 Å². The molecule has 0 spiro atoms. The van der Waals surface area contributed by atoms with Gasteiger partial charge in [-0.25, -0.2) is 0 Å². The van der Waals surface area contributed by atoms with Crippen molar-refractivity contribution >= 4 is 0 Å². The molecule has 0 fully saturated rings. The Balaban J connectivity index is 1.88. The summed E-state index contributed by atoms with van der Waals surface area (Å²) in [7, 11) is 0. The van der Waals surface area contributed by atoms with Gasteiger partial charge in [-0.3, -0.25) is 0 Å². The first-order chi connectivity index (χ1) is 11.8. The summed E-state index contributed by atoms with van der Waals surface area (Å²) in [6, 6.07) is 19.6. The summed E-state index contributed by atoms with van der Waals surface area (Å²) < 4.78 is 39.2. The van der Waals surface area contributed by atoms with Crippen molar-refractivity contribution in [2.45, 2.75) is 18.6 Å². The molecule has 1 nitrogen and oxygen atoms in total. The number of rotatable bonds is 1. The summed E-state index contributed by atoms with van der Waals surface area (Å²) in [6.07, 6.45) is -4.38. The maximum Gasteiger partial charge on any atom is 0.416 e. The van der Waals surface area contributed by atoms with Crippen molar-refractivity contribution < 1.29 is 13.2 Å². The Morgan fingerprint density at radius 2 is 1.36 bits per heavy atom. The predicted octanol–water partition coefficient (Wildman–Crippen LogP) is 5.58. The molecule has 25 heavy (non-hydrogen) atoms. The van der Waals surface area contributed by atoms with Gasteiger partial charge in [-0.05, 0) is 58.5 Å². The second kappa shape index (κ2) is 5.20. The zero-order valence-electron chi connectivity index (χ0n) is 13.6. The molecule has 0 aliphatic heterocycles. The number of benzene rings is 3. The van der Waals surface area contributed by atoms with Crippen LogP contribution in [0.1, 0.15) is 23.6 Å². The summed E-state index contributed by atoms with van der Waals surface area (Å²) >= 11 is 0. The second-order valence-corrected chi connectivity index (χ2v) is 6.59. The van der Waals surface area contributed by atoms with E-state index in [0.717, 1.165) is 33.9 Å². The molecule has 2 N–H and O–H groups in total. The quantitative estimate of drug-likeness (QED) is 0.616. The minimum Gasteiger partial charge on any atom is -0.318 e. The highest BCUT2D eigenvalue weighted by Crippen LogP contribution is 2.48. The largest absolute Gasteiger partial charge is 0.416 e. The van der Waals surface area contributed by atoms with Crippen molar-refractivity contribution in [1.82, 2.24) is 0 Å². The Labute approximate surface area is 143 Å². The van der Waals surface area contributed by atoms with Gasteiger partial charge in [-0.15, -0.1) is 0 Å². The molecule has 4 rings (SSSR count). The van der Waals surface area contributed by atoms with E-state index in [4.69, 9.17) is 5.73 Å². The monoisotopic (exact) mass is 339 g/mol. The van der Waals surface area contributed by atoms with Crippen molar-refractivity contribution in [2.75, 3.05) is 0 Å². The topological polar surface area (TPSA) is 26.0 Å². The zero-order valence-corrected chi connectivity index (χ0v) is 13.6. The summed E-state index contributed by atoms with van der Waals surface area (Å²) in [5.74, 6) is 0. The van der Waals surface area contributed by atoms with Gasteiger partial charge < -0.3 is 5.73 Å². The van der Waals surface area contributed by atoms with Crippen LogP contribution in [-0.2, 0) is 11.7 Å². The fraction of sp³-hybridized carbons (Fsp3) is 0.143. The third-order valence-corrected chi connectivity index (χ3v) is 4.88. The molecule has 3 aromatic carbocycles. The van der Waals surface area contributed by atoms with Gasteiger partial charge >= 0.3 is 6.18 Å². The molecule has 0 amide bonds. The van der Waals surface area contributed by atoms with Gasteiger partial charge in [-0.1, -0.05) is 48.5 Å². The van der Waals surface area contributed by atoms with Gasteiger partial charge in [0.1, 0.15) is 0 Å². The van der Waals surface area contributed by atoms with Crippen LogP contribution < -0.4 is 5.73 Å². The van der Waals surface area contributed by atoms with Crippen LogP contribution in [0.15, 0.2) is 66.7 Å². The number of halogens is 3. The molecule has 4 heteroatoms. The van der Waals surface area contributed by atoms with Gasteiger partial charge in [0.05, 0.1) is 11.1 Å². The Bertz CT molecular complexity index is 957. The van der Waals surface area contributed by atoms with Crippen molar-refractivity contribution in [2.24, 2.45) is 5.73 Å². The van der Waals surface area contributed by atoms with Crippen molar-refractivity contribution in [3.63, 3.8) is 0 Å². The number of alkyl halides is 3. The van der Waals surface area contributed by atoms with Crippen LogP contribution in [0.5, 0.6) is 0 Å². The molecule has 1 aliphatic rings. The van der Waals surface area contributed by atoms with E-state index in [2.05, 4.69) is 0 Å². The molecule has 0 bridgehead atoms. The fourth-order valence-corrected chi connectivity index (χ4v) is 3.55. The maximum absolute atomic E-state index is 13.1. The standard InChI is InChI=1S/C21H16F3N/c1-20(25)18-11-14(13-5-3-2-4-6-13)7-9-16(18)17-10-8-15(12-19(17)20)21(22,23)24/h2-12H,25H2,1H3. The normalized spacial score (nSPS) is 18.8. The molecule has 0 radical (unpaired) electrons. The lowest BCUT2D eigenvalue weighted by Gasteiger charge is -2.23. The minimum absolute atomic E-state index is 0.516. The highest BCUT2D eigenvalue weighted by Gasteiger charge is 2.39. The molecule has 0 saturated carbocycles. The van der Waals surface area contributed by atoms with Crippen LogP contribution in [0.4, 0.5) is 13.2 Å². The van der Waals surface area contributed by atoms with E-state index in [1.54, 1.807) is 6.92 Å². The van der Waals surface area contributed by atoms with E-state index in [0.29, 0.717) is 5.56 Å². The van der Waals surface area contributed by atoms with Crippen molar-refractivity contribution in [3.05, 3.63) is 83.4 Å². The number of hydrogen-bond donors (Lipinski definition) is 1. The summed E-state index contributed by atoms with van der Waals surface area (Å²) in [5, 5.41) is 0. The molecule has 0 aromatic heterocycles. The summed E-state index contributed by atoms with van der Waals surface area (Å²) in [5.41, 5.74) is 9.95. The molecule has 0 heterocycles. The first kappa shape index (κ1) is 15.9. The predicted molar refractivity (Wildman–Crippen MR) is 93.0 cm³/mol. The Morgan fingerprint density at radius 3 is 2.00 bits per heavy atom. The summed E-state index contributed by atoms with van der Waals surface area (Å²) in [4.78, 5) is 0. The van der Waals surface area contributed by atoms with Gasteiger partial charge in [-0.2, -0.15) is 13.2 Å². The van der Waals surface area contributed by atoms with E-state index in [1.165, 1.54) is 12.1 Å². The lowest BCUT2D eigenvalue weighted by atomic mass is 9.88. The Hall–Kier alpha value is -2.59. The summed E-state index contributed by atoms with van der Waals surface area (Å²) in [6.45, 7) is 1.77. The average molecular weight is 339 g/mol. The van der Waals surface area contributed by atoms with Crippen LogP contribution in [0.25, 0.3) is 22.3 Å². The number of nitrogens with two attached hydrogens (primary N) is 1. The molecule has 1 unspecified atom stereocenters. The van der Waals surface area contributed by atoms with E-state index in [1.807, 2.05) is 48.5 Å². The third kappa shape index (κ3) is 2.45. The van der Waals surface area contributed by atoms with Gasteiger partial charge in [0, 0.05) is 0 Å². The fourth-order valence-electron chi connectivity index (χ4n) is 3.55. The van der Waals surface area contributed by atoms with Gasteiger partial charge in [0.15, 0.2) is 0 Å². The molecule has 1 aliphatic carbocycles. The van der Waals surface area contributed by atoms with Crippen molar-refractivity contribution in [1.29, 1.82) is 0 Å². The SMILES string of the molecule is CC1(N)c2cc(-c3ccccc3)ccc2-c2ccc(C(F)(F)F)cc21.